The summed E-state index contributed by atoms with van der Waals surface area (Å²) in [6, 6.07) is 10.2. The van der Waals surface area contributed by atoms with Gasteiger partial charge in [0.1, 0.15) is 6.10 Å². The molecule has 0 aliphatic carbocycles. The SMILES string of the molecule is COC(=O)[C@]1(Cl)O[C@@H]1CCCc1ccccc1. The van der Waals surface area contributed by atoms with Crippen molar-refractivity contribution in [3.63, 3.8) is 0 Å². The first-order chi connectivity index (χ1) is 8.16. The maximum absolute atomic E-state index is 11.3. The van der Waals surface area contributed by atoms with E-state index in [0.29, 0.717) is 0 Å². The summed E-state index contributed by atoms with van der Waals surface area (Å²) in [5.41, 5.74) is 1.28. The predicted molar refractivity (Wildman–Crippen MR) is 64.9 cm³/mol. The molecule has 4 heteroatoms. The van der Waals surface area contributed by atoms with Crippen molar-refractivity contribution < 1.29 is 14.3 Å². The van der Waals surface area contributed by atoms with Crippen molar-refractivity contribution in [2.24, 2.45) is 0 Å². The van der Waals surface area contributed by atoms with Crippen LogP contribution in [-0.4, -0.2) is 24.2 Å². The van der Waals surface area contributed by atoms with Crippen molar-refractivity contribution in [2.45, 2.75) is 30.4 Å². The summed E-state index contributed by atoms with van der Waals surface area (Å²) in [6.07, 6.45) is 2.47. The van der Waals surface area contributed by atoms with Crippen LogP contribution in [0, 0.1) is 0 Å². The van der Waals surface area contributed by atoms with Crippen LogP contribution >= 0.6 is 11.6 Å². The molecule has 0 unspecified atom stereocenters. The van der Waals surface area contributed by atoms with E-state index in [4.69, 9.17) is 16.3 Å². The first-order valence-corrected chi connectivity index (χ1v) is 6.03. The predicted octanol–water partition coefficient (Wildman–Crippen LogP) is 2.52. The van der Waals surface area contributed by atoms with Gasteiger partial charge in [-0.3, -0.25) is 0 Å². The molecule has 0 N–H and O–H groups in total. The molecule has 1 saturated heterocycles. The summed E-state index contributed by atoms with van der Waals surface area (Å²) in [4.78, 5) is 11.3. The fourth-order valence-electron chi connectivity index (χ4n) is 1.87. The molecule has 2 rings (SSSR count). The highest BCUT2D eigenvalue weighted by molar-refractivity contribution is 6.35. The largest absolute Gasteiger partial charge is 0.466 e. The molecule has 1 heterocycles. The van der Waals surface area contributed by atoms with E-state index in [1.54, 1.807) is 0 Å². The van der Waals surface area contributed by atoms with E-state index in [1.807, 2.05) is 18.2 Å². The molecule has 0 spiro atoms. The van der Waals surface area contributed by atoms with Gasteiger partial charge in [-0.05, 0) is 24.8 Å². The second-order valence-corrected chi connectivity index (χ2v) is 4.68. The van der Waals surface area contributed by atoms with E-state index >= 15 is 0 Å². The summed E-state index contributed by atoms with van der Waals surface area (Å²) in [5.74, 6) is -0.496. The Morgan fingerprint density at radius 3 is 2.82 bits per heavy atom. The zero-order chi connectivity index (χ0) is 12.3. The minimum atomic E-state index is -1.22. The minimum Gasteiger partial charge on any atom is -0.466 e. The Bertz CT molecular complexity index is 393. The van der Waals surface area contributed by atoms with Gasteiger partial charge in [0.05, 0.1) is 7.11 Å². The lowest BCUT2D eigenvalue weighted by atomic mass is 10.1. The van der Waals surface area contributed by atoms with E-state index in [9.17, 15) is 4.79 Å². The fourth-order valence-corrected chi connectivity index (χ4v) is 2.17. The van der Waals surface area contributed by atoms with Gasteiger partial charge in [0, 0.05) is 0 Å². The lowest BCUT2D eigenvalue weighted by Gasteiger charge is -2.02. The average molecular weight is 255 g/mol. The molecule has 1 fully saturated rings. The van der Waals surface area contributed by atoms with E-state index in [0.717, 1.165) is 19.3 Å². The molecule has 1 aliphatic heterocycles. The quantitative estimate of drug-likeness (QED) is 0.460. The molecule has 3 nitrogen and oxygen atoms in total. The van der Waals surface area contributed by atoms with Gasteiger partial charge in [-0.15, -0.1) is 0 Å². The molecule has 2 atom stereocenters. The number of methoxy groups -OCH3 is 1. The monoisotopic (exact) mass is 254 g/mol. The first-order valence-electron chi connectivity index (χ1n) is 5.66. The average Bonchev–Trinajstić information content (AvgIpc) is 3.02. The maximum Gasteiger partial charge on any atom is 0.356 e. The number of halogens is 1. The molecule has 1 aliphatic rings. The Balaban J connectivity index is 1.73. The third-order valence-corrected chi connectivity index (χ3v) is 3.40. The number of benzene rings is 1. The lowest BCUT2D eigenvalue weighted by molar-refractivity contribution is -0.143. The molecule has 0 amide bonds. The summed E-state index contributed by atoms with van der Waals surface area (Å²) in [6.45, 7) is 0. The van der Waals surface area contributed by atoms with Crippen molar-refractivity contribution in [1.29, 1.82) is 0 Å². The zero-order valence-electron chi connectivity index (χ0n) is 9.69. The van der Waals surface area contributed by atoms with Crippen molar-refractivity contribution in [3.8, 4) is 0 Å². The third-order valence-electron chi connectivity index (χ3n) is 2.91. The van der Waals surface area contributed by atoms with E-state index < -0.39 is 11.0 Å². The van der Waals surface area contributed by atoms with Crippen LogP contribution in [0.2, 0.25) is 0 Å². The van der Waals surface area contributed by atoms with Crippen LogP contribution in [0.5, 0.6) is 0 Å². The minimum absolute atomic E-state index is 0.208. The highest BCUT2D eigenvalue weighted by atomic mass is 35.5. The topological polar surface area (TPSA) is 38.8 Å². The van der Waals surface area contributed by atoms with E-state index in [2.05, 4.69) is 16.9 Å². The Morgan fingerprint density at radius 1 is 1.47 bits per heavy atom. The van der Waals surface area contributed by atoms with Crippen LogP contribution in [-0.2, 0) is 20.7 Å². The molecule has 0 saturated carbocycles. The van der Waals surface area contributed by atoms with Crippen molar-refractivity contribution in [3.05, 3.63) is 35.9 Å². The Labute approximate surface area is 106 Å². The molecular formula is C13H15ClO3. The Hall–Kier alpha value is -1.06. The molecule has 1 aromatic carbocycles. The zero-order valence-corrected chi connectivity index (χ0v) is 10.4. The molecule has 17 heavy (non-hydrogen) atoms. The summed E-state index contributed by atoms with van der Waals surface area (Å²) >= 11 is 5.95. The van der Waals surface area contributed by atoms with Crippen LogP contribution < -0.4 is 0 Å². The van der Waals surface area contributed by atoms with Gasteiger partial charge in [-0.2, -0.15) is 0 Å². The van der Waals surface area contributed by atoms with Gasteiger partial charge in [0.2, 0.25) is 0 Å². The van der Waals surface area contributed by atoms with E-state index in [-0.39, 0.29) is 6.10 Å². The molecule has 0 radical (unpaired) electrons. The lowest BCUT2D eigenvalue weighted by Crippen LogP contribution is -2.22. The van der Waals surface area contributed by atoms with Gasteiger partial charge < -0.3 is 9.47 Å². The van der Waals surface area contributed by atoms with E-state index in [1.165, 1.54) is 12.7 Å². The number of aryl methyl sites for hydroxylation is 1. The van der Waals surface area contributed by atoms with Gasteiger partial charge in [-0.25, -0.2) is 4.79 Å². The van der Waals surface area contributed by atoms with Crippen LogP contribution in [0.4, 0.5) is 0 Å². The number of hydrogen-bond acceptors (Lipinski definition) is 3. The van der Waals surface area contributed by atoms with Crippen LogP contribution in [0.1, 0.15) is 18.4 Å². The smallest absolute Gasteiger partial charge is 0.356 e. The molecule has 0 aromatic heterocycles. The van der Waals surface area contributed by atoms with Crippen molar-refractivity contribution in [2.75, 3.05) is 7.11 Å². The second kappa shape index (κ2) is 5.07. The number of ether oxygens (including phenoxy) is 2. The number of carbonyl (C=O) groups excluding carboxylic acids is 1. The fraction of sp³-hybridized carbons (Fsp3) is 0.462. The van der Waals surface area contributed by atoms with Gasteiger partial charge >= 0.3 is 5.97 Å². The number of epoxide rings is 1. The van der Waals surface area contributed by atoms with Crippen molar-refractivity contribution in [1.82, 2.24) is 0 Å². The van der Waals surface area contributed by atoms with Gasteiger partial charge in [-0.1, -0.05) is 41.9 Å². The molecule has 0 bridgehead atoms. The molecule has 92 valence electrons. The summed E-state index contributed by atoms with van der Waals surface area (Å²) < 4.78 is 9.76. The number of carbonyl (C=O) groups is 1. The standard InChI is InChI=1S/C13H15ClO3/c1-16-12(15)13(14)11(17-13)9-5-8-10-6-3-2-4-7-10/h2-4,6-7,11H,5,8-9H2,1H3/t11-,13-/m1/s1. The maximum atomic E-state index is 11.3. The van der Waals surface area contributed by atoms with Crippen LogP contribution in [0.15, 0.2) is 30.3 Å². The van der Waals surface area contributed by atoms with Crippen molar-refractivity contribution >= 4 is 17.6 Å². The number of hydrogen-bond donors (Lipinski definition) is 0. The normalized spacial score (nSPS) is 26.6. The molecular weight excluding hydrogens is 240 g/mol. The summed E-state index contributed by atoms with van der Waals surface area (Å²) in [5, 5.41) is -1.22. The number of esters is 1. The summed E-state index contributed by atoms with van der Waals surface area (Å²) in [7, 11) is 1.31. The Kier molecular flexibility index (Phi) is 3.69. The van der Waals surface area contributed by atoms with Gasteiger partial charge in [0.25, 0.3) is 5.06 Å². The third kappa shape index (κ3) is 2.79. The second-order valence-electron chi connectivity index (χ2n) is 4.12. The highest BCUT2D eigenvalue weighted by Crippen LogP contribution is 2.44. The van der Waals surface area contributed by atoms with Crippen LogP contribution in [0.3, 0.4) is 0 Å². The Morgan fingerprint density at radius 2 is 2.18 bits per heavy atom. The number of alkyl halides is 1. The molecule has 1 aromatic rings. The number of rotatable bonds is 5. The van der Waals surface area contributed by atoms with Crippen LogP contribution in [0.25, 0.3) is 0 Å². The first kappa shape index (κ1) is 12.4. The highest BCUT2D eigenvalue weighted by Gasteiger charge is 2.62. The van der Waals surface area contributed by atoms with Gasteiger partial charge in [0.15, 0.2) is 0 Å².